The molecule has 0 unspecified atom stereocenters. The lowest BCUT2D eigenvalue weighted by Gasteiger charge is -2.36. The minimum atomic E-state index is 0.0496. The standard InChI is InChI=1S/C16H18ClN3O2/c1-22-11-16(21)20-8-6-19(7-9-20)15-4-5-18-14-10-12(17)2-3-13(14)15/h2-5,10H,6-9,11H2,1H3. The van der Waals surface area contributed by atoms with E-state index in [-0.39, 0.29) is 12.5 Å². The summed E-state index contributed by atoms with van der Waals surface area (Å²) in [5.41, 5.74) is 2.03. The number of pyridine rings is 1. The molecule has 1 aromatic carbocycles. The van der Waals surface area contributed by atoms with Crippen molar-refractivity contribution in [2.24, 2.45) is 0 Å². The van der Waals surface area contributed by atoms with E-state index in [1.807, 2.05) is 29.2 Å². The normalized spacial score (nSPS) is 15.4. The van der Waals surface area contributed by atoms with Crippen molar-refractivity contribution >= 4 is 34.1 Å². The number of rotatable bonds is 3. The third-order valence-corrected chi connectivity index (χ3v) is 4.16. The van der Waals surface area contributed by atoms with Gasteiger partial charge in [0.2, 0.25) is 5.91 Å². The molecule has 5 nitrogen and oxygen atoms in total. The number of aromatic nitrogens is 1. The van der Waals surface area contributed by atoms with E-state index in [2.05, 4.69) is 9.88 Å². The maximum absolute atomic E-state index is 11.8. The second-order valence-electron chi connectivity index (χ2n) is 5.29. The van der Waals surface area contributed by atoms with Gasteiger partial charge in [0, 0.05) is 55.6 Å². The number of ether oxygens (including phenoxy) is 1. The average Bonchev–Trinajstić information content (AvgIpc) is 2.54. The van der Waals surface area contributed by atoms with Crippen LogP contribution in [0.15, 0.2) is 30.5 Å². The molecule has 6 heteroatoms. The van der Waals surface area contributed by atoms with Crippen LogP contribution in [0.3, 0.4) is 0 Å². The molecule has 1 aliphatic heterocycles. The molecule has 1 saturated heterocycles. The first kappa shape index (κ1) is 15.1. The second kappa shape index (κ2) is 6.50. The Morgan fingerprint density at radius 2 is 2.05 bits per heavy atom. The average molecular weight is 320 g/mol. The Hall–Kier alpha value is -1.85. The number of methoxy groups -OCH3 is 1. The van der Waals surface area contributed by atoms with E-state index in [0.29, 0.717) is 18.1 Å². The number of halogens is 1. The molecule has 1 amide bonds. The Balaban J connectivity index is 1.78. The van der Waals surface area contributed by atoms with Gasteiger partial charge in [-0.05, 0) is 24.3 Å². The fourth-order valence-corrected chi connectivity index (χ4v) is 2.96. The zero-order valence-corrected chi connectivity index (χ0v) is 13.2. The molecule has 0 bridgehead atoms. The van der Waals surface area contributed by atoms with Gasteiger partial charge in [-0.3, -0.25) is 9.78 Å². The highest BCUT2D eigenvalue weighted by atomic mass is 35.5. The predicted molar refractivity (Wildman–Crippen MR) is 87.4 cm³/mol. The van der Waals surface area contributed by atoms with E-state index >= 15 is 0 Å². The van der Waals surface area contributed by atoms with Crippen LogP contribution in [0, 0.1) is 0 Å². The third kappa shape index (κ3) is 3.00. The third-order valence-electron chi connectivity index (χ3n) is 3.92. The van der Waals surface area contributed by atoms with Crippen LogP contribution in [0.25, 0.3) is 10.9 Å². The smallest absolute Gasteiger partial charge is 0.248 e. The van der Waals surface area contributed by atoms with Gasteiger partial charge < -0.3 is 14.5 Å². The summed E-state index contributed by atoms with van der Waals surface area (Å²) in [6.07, 6.45) is 1.80. The summed E-state index contributed by atoms with van der Waals surface area (Å²) in [6.45, 7) is 3.17. The zero-order valence-electron chi connectivity index (χ0n) is 12.5. The molecule has 2 heterocycles. The second-order valence-corrected chi connectivity index (χ2v) is 5.73. The molecule has 0 atom stereocenters. The quantitative estimate of drug-likeness (QED) is 0.870. The first-order valence-corrected chi connectivity index (χ1v) is 7.63. The molecule has 116 valence electrons. The molecule has 3 rings (SSSR count). The molecular weight excluding hydrogens is 302 g/mol. The summed E-state index contributed by atoms with van der Waals surface area (Å²) in [6, 6.07) is 7.78. The number of hydrogen-bond acceptors (Lipinski definition) is 4. The summed E-state index contributed by atoms with van der Waals surface area (Å²) in [5.74, 6) is 0.0496. The van der Waals surface area contributed by atoms with E-state index in [9.17, 15) is 4.79 Å². The van der Waals surface area contributed by atoms with Crippen LogP contribution >= 0.6 is 11.6 Å². The van der Waals surface area contributed by atoms with Gasteiger partial charge in [0.15, 0.2) is 0 Å². The highest BCUT2D eigenvalue weighted by Gasteiger charge is 2.22. The molecule has 0 saturated carbocycles. The number of piperazine rings is 1. The van der Waals surface area contributed by atoms with Gasteiger partial charge in [-0.15, -0.1) is 0 Å². The SMILES string of the molecule is COCC(=O)N1CCN(c2ccnc3cc(Cl)ccc23)CC1. The largest absolute Gasteiger partial charge is 0.375 e. The minimum absolute atomic E-state index is 0.0496. The Bertz CT molecular complexity index is 684. The number of nitrogens with zero attached hydrogens (tertiary/aromatic N) is 3. The van der Waals surface area contributed by atoms with Crippen molar-refractivity contribution in [3.63, 3.8) is 0 Å². The Morgan fingerprint density at radius 3 is 2.77 bits per heavy atom. The Morgan fingerprint density at radius 1 is 1.27 bits per heavy atom. The highest BCUT2D eigenvalue weighted by Crippen LogP contribution is 2.28. The monoisotopic (exact) mass is 319 g/mol. The van der Waals surface area contributed by atoms with E-state index in [1.54, 1.807) is 13.3 Å². The number of hydrogen-bond donors (Lipinski definition) is 0. The number of anilines is 1. The molecule has 1 fully saturated rings. The number of fused-ring (bicyclic) bond motifs is 1. The van der Waals surface area contributed by atoms with Crippen LogP contribution in [-0.2, 0) is 9.53 Å². The lowest BCUT2D eigenvalue weighted by molar-refractivity contribution is -0.135. The molecule has 1 aromatic heterocycles. The summed E-state index contributed by atoms with van der Waals surface area (Å²) in [5, 5.41) is 1.77. The van der Waals surface area contributed by atoms with Gasteiger partial charge in [-0.1, -0.05) is 11.6 Å². The Labute approximate surface area is 134 Å². The molecular formula is C16H18ClN3O2. The topological polar surface area (TPSA) is 45.7 Å². The van der Waals surface area contributed by atoms with Crippen LogP contribution in [0.5, 0.6) is 0 Å². The fourth-order valence-electron chi connectivity index (χ4n) is 2.79. The summed E-state index contributed by atoms with van der Waals surface area (Å²) >= 11 is 6.03. The minimum Gasteiger partial charge on any atom is -0.375 e. The van der Waals surface area contributed by atoms with Crippen molar-refractivity contribution in [1.82, 2.24) is 9.88 Å². The van der Waals surface area contributed by atoms with Gasteiger partial charge >= 0.3 is 0 Å². The molecule has 0 N–H and O–H groups in total. The molecule has 0 aliphatic carbocycles. The van der Waals surface area contributed by atoms with E-state index in [1.165, 1.54) is 0 Å². The molecule has 2 aromatic rings. The fraction of sp³-hybridized carbons (Fsp3) is 0.375. The van der Waals surface area contributed by atoms with Crippen molar-refractivity contribution in [2.75, 3.05) is 44.8 Å². The molecule has 0 spiro atoms. The lowest BCUT2D eigenvalue weighted by Crippen LogP contribution is -2.49. The highest BCUT2D eigenvalue weighted by molar-refractivity contribution is 6.31. The first-order valence-electron chi connectivity index (χ1n) is 7.25. The number of carbonyl (C=O) groups excluding carboxylic acids is 1. The summed E-state index contributed by atoms with van der Waals surface area (Å²) in [4.78, 5) is 20.4. The zero-order chi connectivity index (χ0) is 15.5. The summed E-state index contributed by atoms with van der Waals surface area (Å²) < 4.78 is 4.91. The van der Waals surface area contributed by atoms with E-state index in [4.69, 9.17) is 16.3 Å². The lowest BCUT2D eigenvalue weighted by atomic mass is 10.1. The van der Waals surface area contributed by atoms with Crippen molar-refractivity contribution in [1.29, 1.82) is 0 Å². The maximum atomic E-state index is 11.8. The van der Waals surface area contributed by atoms with E-state index < -0.39 is 0 Å². The predicted octanol–water partition coefficient (Wildman–Crippen LogP) is 2.18. The van der Waals surface area contributed by atoms with E-state index in [0.717, 1.165) is 29.7 Å². The number of carbonyl (C=O) groups is 1. The summed E-state index contributed by atoms with van der Waals surface area (Å²) in [7, 11) is 1.54. The number of benzene rings is 1. The van der Waals surface area contributed by atoms with Gasteiger partial charge in [0.05, 0.1) is 5.52 Å². The maximum Gasteiger partial charge on any atom is 0.248 e. The molecule has 0 radical (unpaired) electrons. The van der Waals surface area contributed by atoms with Gasteiger partial charge in [-0.25, -0.2) is 0 Å². The van der Waals surface area contributed by atoms with Crippen molar-refractivity contribution < 1.29 is 9.53 Å². The van der Waals surface area contributed by atoms with Crippen molar-refractivity contribution in [3.05, 3.63) is 35.5 Å². The van der Waals surface area contributed by atoms with Crippen LogP contribution < -0.4 is 4.90 Å². The van der Waals surface area contributed by atoms with Crippen LogP contribution in [0.1, 0.15) is 0 Å². The Kier molecular flexibility index (Phi) is 4.45. The van der Waals surface area contributed by atoms with Crippen LogP contribution in [-0.4, -0.2) is 55.7 Å². The van der Waals surface area contributed by atoms with Crippen molar-refractivity contribution in [3.8, 4) is 0 Å². The van der Waals surface area contributed by atoms with Gasteiger partial charge in [0.25, 0.3) is 0 Å². The van der Waals surface area contributed by atoms with Gasteiger partial charge in [0.1, 0.15) is 6.61 Å². The molecule has 22 heavy (non-hydrogen) atoms. The molecule has 1 aliphatic rings. The number of amides is 1. The van der Waals surface area contributed by atoms with Gasteiger partial charge in [-0.2, -0.15) is 0 Å². The van der Waals surface area contributed by atoms with Crippen molar-refractivity contribution in [2.45, 2.75) is 0 Å². The first-order chi connectivity index (χ1) is 10.7. The van der Waals surface area contributed by atoms with Crippen LogP contribution in [0.4, 0.5) is 5.69 Å². The van der Waals surface area contributed by atoms with Crippen LogP contribution in [0.2, 0.25) is 5.02 Å².